The van der Waals surface area contributed by atoms with E-state index in [0.717, 1.165) is 19.4 Å². The first kappa shape index (κ1) is 21.7. The summed E-state index contributed by atoms with van der Waals surface area (Å²) in [6, 6.07) is 11.9. The third-order valence-corrected chi connectivity index (χ3v) is 5.19. The van der Waals surface area contributed by atoms with Crippen molar-refractivity contribution >= 4 is 16.9 Å². The summed E-state index contributed by atoms with van der Waals surface area (Å²) in [6.45, 7) is 2.72. The molecular formula is C24H25NO7. The number of benzene rings is 2. The number of hydrogen-bond acceptors (Lipinski definition) is 7. The minimum absolute atomic E-state index is 0.0733. The molecule has 1 atom stereocenters. The summed E-state index contributed by atoms with van der Waals surface area (Å²) in [4.78, 5) is 25.0. The van der Waals surface area contributed by atoms with Gasteiger partial charge >= 0.3 is 0 Å². The Hall–Kier alpha value is -3.52. The van der Waals surface area contributed by atoms with Gasteiger partial charge in [-0.05, 0) is 44.0 Å². The first-order valence-electron chi connectivity index (χ1n) is 10.4. The average Bonchev–Trinajstić information content (AvgIpc) is 3.33. The first-order chi connectivity index (χ1) is 15.5. The van der Waals surface area contributed by atoms with Gasteiger partial charge in [0.05, 0.1) is 18.6 Å². The fourth-order valence-corrected chi connectivity index (χ4v) is 3.52. The second kappa shape index (κ2) is 9.74. The fourth-order valence-electron chi connectivity index (χ4n) is 3.52. The molecule has 0 saturated carbocycles. The Balaban J connectivity index is 1.47. The number of carbonyl (C=O) groups excluding carboxylic acids is 1. The number of nitrogens with one attached hydrogen (secondary N) is 1. The third-order valence-electron chi connectivity index (χ3n) is 5.19. The zero-order valence-electron chi connectivity index (χ0n) is 18.0. The summed E-state index contributed by atoms with van der Waals surface area (Å²) in [5.41, 5.74) is 0.0349. The van der Waals surface area contributed by atoms with Crippen molar-refractivity contribution in [1.82, 2.24) is 5.32 Å². The SMILES string of the molecule is COc1ccccc1Oc1c(C)oc2cc(OCC(=O)NC[C@@H]3CCCO3)ccc2c1=O. The Labute approximate surface area is 185 Å². The van der Waals surface area contributed by atoms with Gasteiger partial charge < -0.3 is 28.7 Å². The van der Waals surface area contributed by atoms with E-state index in [0.29, 0.717) is 40.5 Å². The number of aryl methyl sites for hydroxylation is 1. The van der Waals surface area contributed by atoms with E-state index >= 15 is 0 Å². The topological polar surface area (TPSA) is 96.2 Å². The predicted octanol–water partition coefficient (Wildman–Crippen LogP) is 3.58. The van der Waals surface area contributed by atoms with Crippen LogP contribution in [0.5, 0.6) is 23.0 Å². The van der Waals surface area contributed by atoms with Gasteiger partial charge in [0.15, 0.2) is 18.1 Å². The van der Waals surface area contributed by atoms with Crippen molar-refractivity contribution in [2.45, 2.75) is 25.9 Å². The highest BCUT2D eigenvalue weighted by atomic mass is 16.5. The maximum absolute atomic E-state index is 13.0. The van der Waals surface area contributed by atoms with Crippen molar-refractivity contribution in [3.8, 4) is 23.0 Å². The number of ether oxygens (including phenoxy) is 4. The second-order valence-electron chi connectivity index (χ2n) is 7.46. The maximum Gasteiger partial charge on any atom is 0.258 e. The fraction of sp³-hybridized carbons (Fsp3) is 0.333. The molecule has 1 amide bonds. The van der Waals surface area contributed by atoms with Crippen LogP contribution in [0.3, 0.4) is 0 Å². The normalized spacial score (nSPS) is 15.5. The van der Waals surface area contributed by atoms with Gasteiger partial charge in [0, 0.05) is 19.2 Å². The Morgan fingerprint density at radius 2 is 2.00 bits per heavy atom. The number of methoxy groups -OCH3 is 1. The van der Waals surface area contributed by atoms with Crippen molar-refractivity contribution < 1.29 is 28.2 Å². The van der Waals surface area contributed by atoms with Crippen LogP contribution in [0.25, 0.3) is 11.0 Å². The molecule has 1 N–H and O–H groups in total. The van der Waals surface area contributed by atoms with Gasteiger partial charge in [0.1, 0.15) is 17.1 Å². The van der Waals surface area contributed by atoms with Crippen LogP contribution in [-0.2, 0) is 9.53 Å². The molecule has 0 radical (unpaired) electrons. The van der Waals surface area contributed by atoms with Crippen LogP contribution in [-0.4, -0.2) is 38.9 Å². The quantitative estimate of drug-likeness (QED) is 0.573. The highest BCUT2D eigenvalue weighted by Crippen LogP contribution is 2.32. The molecule has 1 fully saturated rings. The van der Waals surface area contributed by atoms with Crippen LogP contribution >= 0.6 is 0 Å². The molecule has 168 valence electrons. The van der Waals surface area contributed by atoms with Gasteiger partial charge in [-0.3, -0.25) is 9.59 Å². The molecular weight excluding hydrogens is 414 g/mol. The molecule has 32 heavy (non-hydrogen) atoms. The van der Waals surface area contributed by atoms with Gasteiger partial charge in [-0.15, -0.1) is 0 Å². The van der Waals surface area contributed by atoms with Gasteiger partial charge in [-0.2, -0.15) is 0 Å². The summed E-state index contributed by atoms with van der Waals surface area (Å²) >= 11 is 0. The van der Waals surface area contributed by atoms with E-state index in [2.05, 4.69) is 5.32 Å². The molecule has 8 heteroatoms. The Morgan fingerprint density at radius 1 is 1.19 bits per heavy atom. The lowest BCUT2D eigenvalue weighted by Gasteiger charge is -2.13. The van der Waals surface area contributed by atoms with Crippen molar-refractivity contribution in [2.24, 2.45) is 0 Å². The lowest BCUT2D eigenvalue weighted by molar-refractivity contribution is -0.123. The standard InChI is InChI=1S/C24H25NO7/c1-15-24(32-20-8-4-3-7-19(20)28-2)23(27)18-10-9-16(12-21(18)31-15)30-14-22(26)25-13-17-6-5-11-29-17/h3-4,7-10,12,17H,5-6,11,13-14H2,1-2H3,(H,25,26)/t17-/m0/s1. The molecule has 8 nitrogen and oxygen atoms in total. The van der Waals surface area contributed by atoms with Gasteiger partial charge in [-0.1, -0.05) is 12.1 Å². The molecule has 1 aliphatic heterocycles. The molecule has 0 unspecified atom stereocenters. The monoisotopic (exact) mass is 439 g/mol. The Kier molecular flexibility index (Phi) is 6.61. The minimum Gasteiger partial charge on any atom is -0.493 e. The zero-order valence-corrected chi connectivity index (χ0v) is 18.0. The predicted molar refractivity (Wildman–Crippen MR) is 118 cm³/mol. The second-order valence-corrected chi connectivity index (χ2v) is 7.46. The Bertz CT molecular complexity index is 1160. The molecule has 0 aliphatic carbocycles. The number of fused-ring (bicyclic) bond motifs is 1. The summed E-state index contributed by atoms with van der Waals surface area (Å²) in [7, 11) is 1.53. The number of hydrogen-bond donors (Lipinski definition) is 1. The molecule has 0 spiro atoms. The molecule has 1 saturated heterocycles. The largest absolute Gasteiger partial charge is 0.493 e. The zero-order chi connectivity index (χ0) is 22.5. The highest BCUT2D eigenvalue weighted by molar-refractivity contribution is 5.80. The van der Waals surface area contributed by atoms with E-state index in [1.807, 2.05) is 6.07 Å². The Morgan fingerprint density at radius 3 is 2.75 bits per heavy atom. The lowest BCUT2D eigenvalue weighted by atomic mass is 10.2. The summed E-state index contributed by atoms with van der Waals surface area (Å²) in [6.07, 6.45) is 2.04. The van der Waals surface area contributed by atoms with E-state index in [1.165, 1.54) is 7.11 Å². The maximum atomic E-state index is 13.0. The van der Waals surface area contributed by atoms with E-state index in [9.17, 15) is 9.59 Å². The van der Waals surface area contributed by atoms with E-state index in [-0.39, 0.29) is 29.8 Å². The van der Waals surface area contributed by atoms with Crippen molar-refractivity contribution in [3.63, 3.8) is 0 Å². The first-order valence-corrected chi connectivity index (χ1v) is 10.4. The van der Waals surface area contributed by atoms with Crippen molar-refractivity contribution in [3.05, 3.63) is 58.4 Å². The van der Waals surface area contributed by atoms with E-state index in [1.54, 1.807) is 43.3 Å². The third kappa shape index (κ3) is 4.86. The van der Waals surface area contributed by atoms with E-state index < -0.39 is 0 Å². The van der Waals surface area contributed by atoms with Crippen LogP contribution in [0.4, 0.5) is 0 Å². The number of amides is 1. The van der Waals surface area contributed by atoms with Gasteiger partial charge in [0.2, 0.25) is 11.2 Å². The smallest absolute Gasteiger partial charge is 0.258 e. The van der Waals surface area contributed by atoms with Crippen LogP contribution in [0.2, 0.25) is 0 Å². The molecule has 1 aromatic heterocycles. The van der Waals surface area contributed by atoms with Gasteiger partial charge in [0.25, 0.3) is 5.91 Å². The average molecular weight is 439 g/mol. The van der Waals surface area contributed by atoms with Crippen LogP contribution in [0.1, 0.15) is 18.6 Å². The van der Waals surface area contributed by atoms with E-state index in [4.69, 9.17) is 23.4 Å². The number of carbonyl (C=O) groups is 1. The van der Waals surface area contributed by atoms with Crippen molar-refractivity contribution in [1.29, 1.82) is 0 Å². The van der Waals surface area contributed by atoms with Crippen LogP contribution in [0.15, 0.2) is 51.7 Å². The number of rotatable bonds is 8. The number of para-hydroxylation sites is 2. The summed E-state index contributed by atoms with van der Waals surface area (Å²) in [5.74, 6) is 1.51. The highest BCUT2D eigenvalue weighted by Gasteiger charge is 2.18. The summed E-state index contributed by atoms with van der Waals surface area (Å²) in [5, 5.41) is 3.14. The minimum atomic E-state index is -0.310. The van der Waals surface area contributed by atoms with Gasteiger partial charge in [-0.25, -0.2) is 0 Å². The molecule has 2 heterocycles. The molecule has 3 aromatic rings. The molecule has 0 bridgehead atoms. The summed E-state index contributed by atoms with van der Waals surface area (Å²) < 4.78 is 28.0. The van der Waals surface area contributed by atoms with Crippen LogP contribution in [0, 0.1) is 6.92 Å². The molecule has 4 rings (SSSR count). The molecule has 2 aromatic carbocycles. The van der Waals surface area contributed by atoms with Crippen molar-refractivity contribution in [2.75, 3.05) is 26.9 Å². The lowest BCUT2D eigenvalue weighted by Crippen LogP contribution is -2.35. The molecule has 1 aliphatic rings. The van der Waals surface area contributed by atoms with Crippen LogP contribution < -0.4 is 25.0 Å².